The van der Waals surface area contributed by atoms with E-state index >= 15 is 0 Å². The van der Waals surface area contributed by atoms with Crippen LogP contribution < -0.4 is 0 Å². The molecular weight excluding hydrogens is 799 g/mol. The van der Waals surface area contributed by atoms with E-state index in [9.17, 15) is 0 Å². The van der Waals surface area contributed by atoms with Gasteiger partial charge in [0.1, 0.15) is 0 Å². The number of hydrogen-bond donors (Lipinski definition) is 0. The average molecular weight is 799 g/mol. The summed E-state index contributed by atoms with van der Waals surface area (Å²) in [4.78, 5) is 0. The first-order valence-corrected chi connectivity index (χ1v) is 11.8. The third-order valence-corrected chi connectivity index (χ3v) is 13.9. The summed E-state index contributed by atoms with van der Waals surface area (Å²) >= 11 is 30.3. The van der Waals surface area contributed by atoms with Gasteiger partial charge >= 0.3 is 0 Å². The van der Waals surface area contributed by atoms with Crippen LogP contribution in [-0.4, -0.2) is 0 Å². The van der Waals surface area contributed by atoms with Crippen LogP contribution in [0.5, 0.6) is 0 Å². The SMILES string of the molecule is Brc1sc(Br)c(Br)c1Br.Brc1sc(Br)c(Br)c1Br. The second kappa shape index (κ2) is 8.76. The third-order valence-electron chi connectivity index (χ3n) is 1.43. The Morgan fingerprint density at radius 2 is 0.556 bits per heavy atom. The lowest BCUT2D eigenvalue weighted by Gasteiger charge is -1.82. The molecule has 0 bridgehead atoms. The molecule has 18 heavy (non-hydrogen) atoms. The van der Waals surface area contributed by atoms with Gasteiger partial charge in [-0.3, -0.25) is 0 Å². The second-order valence-corrected chi connectivity index (χ2v) is 13.0. The van der Waals surface area contributed by atoms with E-state index in [0.717, 1.165) is 33.0 Å². The van der Waals surface area contributed by atoms with Crippen molar-refractivity contribution in [1.82, 2.24) is 0 Å². The van der Waals surface area contributed by atoms with Gasteiger partial charge in [0.2, 0.25) is 0 Å². The van der Waals surface area contributed by atoms with Crippen LogP contribution in [0.4, 0.5) is 0 Å². The Balaban J connectivity index is 0.000000180. The summed E-state index contributed by atoms with van der Waals surface area (Å²) in [6.45, 7) is 0. The molecule has 0 aliphatic carbocycles. The van der Waals surface area contributed by atoms with Gasteiger partial charge in [-0.15, -0.1) is 22.7 Å². The average Bonchev–Trinajstić information content (AvgIpc) is 2.66. The Bertz CT molecular complexity index is 463. The summed E-state index contributed by atoms with van der Waals surface area (Å²) in [5, 5.41) is 0. The van der Waals surface area contributed by atoms with E-state index < -0.39 is 0 Å². The predicted octanol–water partition coefficient (Wildman–Crippen LogP) is 9.60. The van der Waals surface area contributed by atoms with Gasteiger partial charge in [0.25, 0.3) is 0 Å². The Morgan fingerprint density at radius 1 is 0.389 bits per heavy atom. The van der Waals surface area contributed by atoms with Crippen LogP contribution in [0.25, 0.3) is 0 Å². The highest BCUT2D eigenvalue weighted by Gasteiger charge is 2.09. The van der Waals surface area contributed by atoms with Gasteiger partial charge in [-0.1, -0.05) is 0 Å². The largest absolute Gasteiger partial charge is 0.119 e. The van der Waals surface area contributed by atoms with Crippen molar-refractivity contribution in [3.8, 4) is 0 Å². The molecule has 0 unspecified atom stereocenters. The normalized spacial score (nSPS) is 10.2. The number of thiophene rings is 2. The zero-order valence-corrected chi connectivity index (χ0v) is 22.2. The summed E-state index contributed by atoms with van der Waals surface area (Å²) in [5.41, 5.74) is 0. The van der Waals surface area contributed by atoms with Crippen molar-refractivity contribution in [2.45, 2.75) is 0 Å². The van der Waals surface area contributed by atoms with Crippen LogP contribution in [0, 0.1) is 0 Å². The standard InChI is InChI=1S/2C4Br4S/c2*5-1-2(6)4(8)9-3(1)7. The molecule has 0 amide bonds. The molecule has 0 saturated carbocycles. The minimum absolute atomic E-state index is 1.07. The highest BCUT2D eigenvalue weighted by Crippen LogP contribution is 2.44. The molecule has 0 atom stereocenters. The van der Waals surface area contributed by atoms with E-state index in [1.165, 1.54) is 0 Å². The van der Waals surface area contributed by atoms with Crippen molar-refractivity contribution >= 4 is 150 Å². The maximum Gasteiger partial charge on any atom is 0.0864 e. The van der Waals surface area contributed by atoms with E-state index in [0.29, 0.717) is 0 Å². The van der Waals surface area contributed by atoms with Gasteiger partial charge < -0.3 is 0 Å². The molecule has 2 aromatic rings. The molecule has 0 saturated heterocycles. The van der Waals surface area contributed by atoms with Crippen molar-refractivity contribution in [3.05, 3.63) is 33.0 Å². The van der Waals surface area contributed by atoms with Gasteiger partial charge in [-0.2, -0.15) is 0 Å². The molecular formula is C8Br8S2. The second-order valence-electron chi connectivity index (χ2n) is 2.55. The first-order valence-electron chi connectivity index (χ1n) is 3.83. The molecule has 2 heterocycles. The lowest BCUT2D eigenvalue weighted by molar-refractivity contribution is 1.72. The first-order chi connectivity index (χ1) is 8.25. The zero-order valence-electron chi connectivity index (χ0n) is 7.84. The molecule has 2 rings (SSSR count). The van der Waals surface area contributed by atoms with Crippen molar-refractivity contribution in [2.75, 3.05) is 0 Å². The minimum Gasteiger partial charge on any atom is -0.119 e. The van der Waals surface area contributed by atoms with Gasteiger partial charge in [-0.25, -0.2) is 0 Å². The highest BCUT2D eigenvalue weighted by atomic mass is 79.9. The molecule has 0 N–H and O–H groups in total. The Morgan fingerprint density at radius 3 is 0.611 bits per heavy atom. The van der Waals surface area contributed by atoms with E-state index in [1.807, 2.05) is 0 Å². The Labute approximate surface area is 180 Å². The summed E-state index contributed by atoms with van der Waals surface area (Å²) in [7, 11) is 0. The predicted molar refractivity (Wildman–Crippen MR) is 110 cm³/mol. The van der Waals surface area contributed by atoms with Gasteiger partial charge in [0.05, 0.1) is 33.0 Å². The van der Waals surface area contributed by atoms with Gasteiger partial charge in [0, 0.05) is 0 Å². The number of halogens is 8. The van der Waals surface area contributed by atoms with E-state index in [-0.39, 0.29) is 0 Å². The fraction of sp³-hybridized carbons (Fsp3) is 0. The molecule has 0 aliphatic rings. The fourth-order valence-electron chi connectivity index (χ4n) is 0.682. The highest BCUT2D eigenvalue weighted by molar-refractivity contribution is 9.16. The smallest absolute Gasteiger partial charge is 0.0864 e. The fourth-order valence-corrected chi connectivity index (χ4v) is 9.16. The Kier molecular flexibility index (Phi) is 9.39. The van der Waals surface area contributed by atoms with Crippen molar-refractivity contribution < 1.29 is 0 Å². The first kappa shape index (κ1) is 19.3. The quantitative estimate of drug-likeness (QED) is 0.249. The zero-order chi connectivity index (χ0) is 14.0. The van der Waals surface area contributed by atoms with Crippen LogP contribution in [0.1, 0.15) is 0 Å². The van der Waals surface area contributed by atoms with Gasteiger partial charge in [0.15, 0.2) is 0 Å². The molecule has 0 fully saturated rings. The lowest BCUT2D eigenvalue weighted by Crippen LogP contribution is -1.54. The monoisotopic (exact) mass is 791 g/mol. The van der Waals surface area contributed by atoms with Crippen LogP contribution in [0.15, 0.2) is 33.0 Å². The molecule has 0 aliphatic heterocycles. The molecule has 0 nitrogen and oxygen atoms in total. The Hall–Kier alpha value is 3.24. The molecule has 2 aromatic heterocycles. The van der Waals surface area contributed by atoms with Crippen LogP contribution in [-0.2, 0) is 0 Å². The maximum atomic E-state index is 3.39. The lowest BCUT2D eigenvalue weighted by atomic mass is 10.7. The molecule has 100 valence electrons. The number of hydrogen-bond acceptors (Lipinski definition) is 2. The van der Waals surface area contributed by atoms with Gasteiger partial charge in [-0.05, 0) is 127 Å². The van der Waals surface area contributed by atoms with Crippen LogP contribution in [0.2, 0.25) is 0 Å². The third kappa shape index (κ3) is 5.15. The summed E-state index contributed by atoms with van der Waals surface area (Å²) in [6, 6.07) is 0. The number of rotatable bonds is 0. The molecule has 0 radical (unpaired) electrons. The summed E-state index contributed by atoms with van der Waals surface area (Å²) in [5.74, 6) is 0. The molecule has 0 aromatic carbocycles. The van der Waals surface area contributed by atoms with Crippen molar-refractivity contribution in [2.24, 2.45) is 0 Å². The summed E-state index contributed by atoms with van der Waals surface area (Å²) in [6.07, 6.45) is 0. The van der Waals surface area contributed by atoms with E-state index in [1.54, 1.807) is 22.7 Å². The summed E-state index contributed by atoms with van der Waals surface area (Å²) < 4.78 is 8.67. The molecule has 0 spiro atoms. The van der Waals surface area contributed by atoms with Crippen molar-refractivity contribution in [3.63, 3.8) is 0 Å². The van der Waals surface area contributed by atoms with E-state index in [4.69, 9.17) is 0 Å². The minimum atomic E-state index is 1.07. The molecule has 10 heteroatoms. The van der Waals surface area contributed by atoms with Crippen LogP contribution in [0.3, 0.4) is 0 Å². The van der Waals surface area contributed by atoms with Crippen molar-refractivity contribution in [1.29, 1.82) is 0 Å². The topological polar surface area (TPSA) is 0 Å². The maximum absolute atomic E-state index is 3.39. The van der Waals surface area contributed by atoms with Crippen LogP contribution >= 0.6 is 150 Å². The van der Waals surface area contributed by atoms with E-state index in [2.05, 4.69) is 127 Å².